The fraction of sp³-hybridized carbons (Fsp3) is 0.688. The molecule has 4 nitrogen and oxygen atoms in total. The molecule has 0 aromatic carbocycles. The summed E-state index contributed by atoms with van der Waals surface area (Å²) in [6.45, 7) is 8.02. The fourth-order valence-corrected chi connectivity index (χ4v) is 2.52. The lowest BCUT2D eigenvalue weighted by molar-refractivity contribution is 0.0594. The van der Waals surface area contributed by atoms with Crippen LogP contribution in [-0.2, 0) is 6.54 Å². The number of aliphatic hydroxyl groups is 1. The van der Waals surface area contributed by atoms with Gasteiger partial charge in [0.1, 0.15) is 11.9 Å². The van der Waals surface area contributed by atoms with E-state index in [4.69, 9.17) is 4.74 Å². The van der Waals surface area contributed by atoms with E-state index >= 15 is 0 Å². The Hall–Kier alpha value is -1.13. The Balaban J connectivity index is 2.03. The molecule has 1 fully saturated rings. The standard InChI is InChI=1S/C16H26N2O2/c1-11(2)9-17-10-13-15(8-7-12(3)18-13)20-16-6-4-5-14(16)19/h7-8,11,14,16-17,19H,4-6,9-10H2,1-3H3. The highest BCUT2D eigenvalue weighted by atomic mass is 16.5. The quantitative estimate of drug-likeness (QED) is 0.839. The SMILES string of the molecule is Cc1ccc(OC2CCCC2O)c(CNCC(C)C)n1. The van der Waals surface area contributed by atoms with Crippen LogP contribution in [0.3, 0.4) is 0 Å². The van der Waals surface area contributed by atoms with Crippen molar-refractivity contribution < 1.29 is 9.84 Å². The van der Waals surface area contributed by atoms with E-state index in [1.54, 1.807) is 0 Å². The smallest absolute Gasteiger partial charge is 0.142 e. The van der Waals surface area contributed by atoms with E-state index in [1.165, 1.54) is 0 Å². The molecule has 0 radical (unpaired) electrons. The highest BCUT2D eigenvalue weighted by Crippen LogP contribution is 2.26. The van der Waals surface area contributed by atoms with Gasteiger partial charge in [0, 0.05) is 12.2 Å². The van der Waals surface area contributed by atoms with Crippen LogP contribution < -0.4 is 10.1 Å². The lowest BCUT2D eigenvalue weighted by Crippen LogP contribution is -2.27. The Kier molecular flexibility index (Phi) is 5.38. The summed E-state index contributed by atoms with van der Waals surface area (Å²) < 4.78 is 5.98. The van der Waals surface area contributed by atoms with Crippen molar-refractivity contribution in [2.45, 2.75) is 58.8 Å². The first-order valence-corrected chi connectivity index (χ1v) is 7.58. The zero-order chi connectivity index (χ0) is 14.5. The molecule has 0 spiro atoms. The Morgan fingerprint density at radius 1 is 1.40 bits per heavy atom. The molecule has 1 aromatic heterocycles. The van der Waals surface area contributed by atoms with Crippen molar-refractivity contribution in [1.82, 2.24) is 10.3 Å². The molecule has 1 aromatic rings. The van der Waals surface area contributed by atoms with E-state index in [0.29, 0.717) is 12.5 Å². The van der Waals surface area contributed by atoms with Crippen LogP contribution in [0.15, 0.2) is 12.1 Å². The van der Waals surface area contributed by atoms with Crippen molar-refractivity contribution in [2.24, 2.45) is 5.92 Å². The van der Waals surface area contributed by atoms with Crippen molar-refractivity contribution in [1.29, 1.82) is 0 Å². The zero-order valence-electron chi connectivity index (χ0n) is 12.7. The van der Waals surface area contributed by atoms with Gasteiger partial charge in [-0.05, 0) is 50.8 Å². The lowest BCUT2D eigenvalue weighted by Gasteiger charge is -2.19. The molecule has 0 amide bonds. The van der Waals surface area contributed by atoms with Gasteiger partial charge < -0.3 is 15.2 Å². The lowest BCUT2D eigenvalue weighted by atomic mass is 10.2. The first kappa shape index (κ1) is 15.3. The minimum atomic E-state index is -0.340. The average molecular weight is 278 g/mol. The molecule has 0 bridgehead atoms. The Morgan fingerprint density at radius 2 is 2.20 bits per heavy atom. The largest absolute Gasteiger partial charge is 0.486 e. The van der Waals surface area contributed by atoms with Crippen LogP contribution in [0.1, 0.15) is 44.5 Å². The highest BCUT2D eigenvalue weighted by Gasteiger charge is 2.27. The molecule has 1 heterocycles. The average Bonchev–Trinajstić information content (AvgIpc) is 2.78. The molecule has 2 unspecified atom stereocenters. The van der Waals surface area contributed by atoms with E-state index in [9.17, 15) is 5.11 Å². The van der Waals surface area contributed by atoms with Gasteiger partial charge in [0.05, 0.1) is 11.8 Å². The second kappa shape index (κ2) is 7.04. The van der Waals surface area contributed by atoms with Crippen molar-refractivity contribution in [2.75, 3.05) is 6.54 Å². The molecule has 1 aliphatic carbocycles. The molecule has 1 saturated carbocycles. The van der Waals surface area contributed by atoms with Gasteiger partial charge in [-0.25, -0.2) is 0 Å². The minimum Gasteiger partial charge on any atom is -0.486 e. The van der Waals surface area contributed by atoms with Crippen molar-refractivity contribution in [3.63, 3.8) is 0 Å². The predicted octanol–water partition coefficient (Wildman–Crippen LogP) is 2.43. The van der Waals surface area contributed by atoms with E-state index in [0.717, 1.165) is 42.9 Å². The summed E-state index contributed by atoms with van der Waals surface area (Å²) in [6, 6.07) is 3.93. The monoisotopic (exact) mass is 278 g/mol. The molecule has 0 saturated heterocycles. The first-order chi connectivity index (χ1) is 9.56. The maximum absolute atomic E-state index is 9.88. The second-order valence-corrected chi connectivity index (χ2v) is 6.08. The summed E-state index contributed by atoms with van der Waals surface area (Å²) in [7, 11) is 0. The summed E-state index contributed by atoms with van der Waals surface area (Å²) >= 11 is 0. The third-order valence-corrected chi connectivity index (χ3v) is 3.61. The van der Waals surface area contributed by atoms with Crippen molar-refractivity contribution >= 4 is 0 Å². The van der Waals surface area contributed by atoms with Gasteiger partial charge in [-0.1, -0.05) is 13.8 Å². The highest BCUT2D eigenvalue weighted by molar-refractivity contribution is 5.29. The Labute approximate surface area is 121 Å². The van der Waals surface area contributed by atoms with Gasteiger partial charge in [0.25, 0.3) is 0 Å². The number of ether oxygens (including phenoxy) is 1. The zero-order valence-corrected chi connectivity index (χ0v) is 12.7. The van der Waals surface area contributed by atoms with Crippen molar-refractivity contribution in [3.8, 4) is 5.75 Å². The maximum atomic E-state index is 9.88. The molecule has 2 N–H and O–H groups in total. The van der Waals surface area contributed by atoms with Gasteiger partial charge in [-0.2, -0.15) is 0 Å². The minimum absolute atomic E-state index is 0.0802. The molecule has 0 aliphatic heterocycles. The van der Waals surface area contributed by atoms with Crippen LogP contribution in [0.5, 0.6) is 5.75 Å². The second-order valence-electron chi connectivity index (χ2n) is 6.08. The molecular formula is C16H26N2O2. The molecular weight excluding hydrogens is 252 g/mol. The molecule has 2 atom stereocenters. The van der Waals surface area contributed by atoms with E-state index in [2.05, 4.69) is 24.1 Å². The summed E-state index contributed by atoms with van der Waals surface area (Å²) in [5, 5.41) is 13.3. The van der Waals surface area contributed by atoms with Gasteiger partial charge in [0.2, 0.25) is 0 Å². The Bertz CT molecular complexity index is 434. The number of hydrogen-bond donors (Lipinski definition) is 2. The van der Waals surface area contributed by atoms with Gasteiger partial charge in [-0.3, -0.25) is 4.98 Å². The molecule has 20 heavy (non-hydrogen) atoms. The predicted molar refractivity (Wildman–Crippen MR) is 79.8 cm³/mol. The van der Waals surface area contributed by atoms with Gasteiger partial charge in [-0.15, -0.1) is 0 Å². The van der Waals surface area contributed by atoms with Gasteiger partial charge in [0.15, 0.2) is 0 Å². The maximum Gasteiger partial charge on any atom is 0.142 e. The van der Waals surface area contributed by atoms with Crippen LogP contribution in [0.4, 0.5) is 0 Å². The summed E-state index contributed by atoms with van der Waals surface area (Å²) in [5.41, 5.74) is 1.93. The van der Waals surface area contributed by atoms with E-state index < -0.39 is 0 Å². The van der Waals surface area contributed by atoms with Gasteiger partial charge >= 0.3 is 0 Å². The Morgan fingerprint density at radius 3 is 2.85 bits per heavy atom. The number of aromatic nitrogens is 1. The number of rotatable bonds is 6. The summed E-state index contributed by atoms with van der Waals surface area (Å²) in [4.78, 5) is 4.57. The number of hydrogen-bond acceptors (Lipinski definition) is 4. The molecule has 1 aliphatic rings. The number of pyridine rings is 1. The van der Waals surface area contributed by atoms with Crippen LogP contribution >= 0.6 is 0 Å². The molecule has 4 heteroatoms. The van der Waals surface area contributed by atoms with Crippen LogP contribution in [-0.4, -0.2) is 28.8 Å². The molecule has 112 valence electrons. The molecule has 2 rings (SSSR count). The fourth-order valence-electron chi connectivity index (χ4n) is 2.52. The third kappa shape index (κ3) is 4.18. The van der Waals surface area contributed by atoms with E-state index in [-0.39, 0.29) is 12.2 Å². The van der Waals surface area contributed by atoms with Crippen LogP contribution in [0, 0.1) is 12.8 Å². The number of nitrogens with zero attached hydrogens (tertiary/aromatic N) is 1. The normalized spacial score (nSPS) is 22.4. The van der Waals surface area contributed by atoms with Crippen LogP contribution in [0.2, 0.25) is 0 Å². The number of nitrogens with one attached hydrogen (secondary N) is 1. The number of aliphatic hydroxyl groups excluding tert-OH is 1. The summed E-state index contributed by atoms with van der Waals surface area (Å²) in [6.07, 6.45) is 2.38. The summed E-state index contributed by atoms with van der Waals surface area (Å²) in [5.74, 6) is 1.42. The van der Waals surface area contributed by atoms with Crippen LogP contribution in [0.25, 0.3) is 0 Å². The number of aryl methyl sites for hydroxylation is 1. The van der Waals surface area contributed by atoms with E-state index in [1.807, 2.05) is 19.1 Å². The first-order valence-electron chi connectivity index (χ1n) is 7.58. The van der Waals surface area contributed by atoms with Crippen molar-refractivity contribution in [3.05, 3.63) is 23.5 Å². The topological polar surface area (TPSA) is 54.4 Å². The third-order valence-electron chi connectivity index (χ3n) is 3.61.